The van der Waals surface area contributed by atoms with Gasteiger partial charge in [-0.3, -0.25) is 113 Å². The van der Waals surface area contributed by atoms with Gasteiger partial charge in [0.25, 0.3) is 0 Å². The largest absolute Gasteiger partial charge is 0.391 e. The first kappa shape index (κ1) is 117. The quantitative estimate of drug-likeness (QED) is 0.0157. The Morgan fingerprint density at radius 1 is 0.301 bits per heavy atom. The number of amides is 18. The van der Waals surface area contributed by atoms with Crippen LogP contribution in [-0.4, -0.2) is 324 Å². The molecule has 6 bridgehead atoms. The Kier molecular flexibility index (Phi) is 52.7. The predicted molar refractivity (Wildman–Crippen MR) is 518 cm³/mol. The van der Waals surface area contributed by atoms with E-state index in [1.807, 2.05) is 0 Å². The third-order valence-electron chi connectivity index (χ3n) is 21.1. The average molecular weight is 2030 g/mol. The molecule has 4 heterocycles. The molecule has 0 saturated carbocycles. The van der Waals surface area contributed by atoms with Gasteiger partial charge in [-0.2, -0.15) is 0 Å². The van der Waals surface area contributed by atoms with Crippen LogP contribution in [0.5, 0.6) is 0 Å². The van der Waals surface area contributed by atoms with Crippen molar-refractivity contribution in [2.75, 3.05) is 80.3 Å². The molecule has 0 unspecified atom stereocenters. The van der Waals surface area contributed by atoms with Crippen molar-refractivity contribution in [1.29, 1.82) is 27.0 Å². The van der Waals surface area contributed by atoms with Gasteiger partial charge in [0.1, 0.15) is 96.7 Å². The Morgan fingerprint density at radius 3 is 0.787 bits per heavy atom. The summed E-state index contributed by atoms with van der Waals surface area (Å²) < 4.78 is 0. The summed E-state index contributed by atoms with van der Waals surface area (Å²) in [6.45, 7) is 12.0. The normalized spacial score (nSPS) is 26.5. The summed E-state index contributed by atoms with van der Waals surface area (Å²) in [6.07, 6.45) is -3.22. The van der Waals surface area contributed by atoms with Gasteiger partial charge in [-0.25, -0.2) is 0 Å². The monoisotopic (exact) mass is 2030 g/mol. The van der Waals surface area contributed by atoms with E-state index in [4.69, 9.17) is 55.7 Å². The summed E-state index contributed by atoms with van der Waals surface area (Å²) in [5.41, 5.74) is 28.0. The van der Waals surface area contributed by atoms with Crippen molar-refractivity contribution in [3.8, 4) is 0 Å². The van der Waals surface area contributed by atoms with E-state index in [-0.39, 0.29) is 110 Å². The Labute approximate surface area is 811 Å². The summed E-state index contributed by atoms with van der Waals surface area (Å²) in [6, 6.07) is -26.8. The SMILES string of the molecule is CC[C@H](C)[C@@H]1NC(=O)[C@@H]2CSSC[C@H](NC(=O)[C@H](CCCNC(=N)N)NC(=O)[C@@H]3CSSC[C@H](NC1=O)C(=O)N[C@@H]([C@@H](C)O)C(=O)N[C@@H](CCCNC(=N)N)C(=O)NCC(=O)N[C@@H](C(C)C)C(=O)N3)C(=O)N[C@@H](CC(C)C)C(=O)N[C@H]1CSSC[C@H](NC(=O)[C@H](C(C)C)NC(=O)CNC(=O)[C@H](CCCNC(=N)N)NC(=O)[C@H](CCCNC(=N)N)NC1=O)C(=O)N[C@@H](CCCNC(=N)N)C(=O)N2. The molecule has 4 saturated heterocycles. The van der Waals surface area contributed by atoms with Crippen molar-refractivity contribution < 1.29 is 91.4 Å². The number of guanidine groups is 5. The van der Waals surface area contributed by atoms with Gasteiger partial charge in [0.15, 0.2) is 29.8 Å². The number of hydrogen-bond acceptors (Lipinski definition) is 30. The number of hydrogen-bond donors (Lipinski definition) is 34. The number of rotatable bonds is 27. The van der Waals surface area contributed by atoms with Crippen molar-refractivity contribution in [3.63, 3.8) is 0 Å². The minimum atomic E-state index is -1.92. The van der Waals surface area contributed by atoms with Crippen LogP contribution in [-0.2, 0) is 86.3 Å². The lowest BCUT2D eigenvalue weighted by Crippen LogP contribution is -2.63. The maximum atomic E-state index is 15.6. The molecule has 4 fully saturated rings. The molecule has 39 N–H and O–H groups in total. The minimum absolute atomic E-state index is 0.00648. The molecular formula is C78H137N33O19S6. The molecule has 0 aromatic heterocycles. The van der Waals surface area contributed by atoms with E-state index in [2.05, 4.69) is 122 Å². The van der Waals surface area contributed by atoms with Gasteiger partial charge in [0, 0.05) is 67.2 Å². The summed E-state index contributed by atoms with van der Waals surface area (Å²) in [5, 5.41) is 110. The van der Waals surface area contributed by atoms with Crippen LogP contribution in [0.15, 0.2) is 0 Å². The second-order valence-electron chi connectivity index (χ2n) is 33.6. The zero-order chi connectivity index (χ0) is 102. The molecule has 0 aromatic rings. The van der Waals surface area contributed by atoms with Crippen LogP contribution in [0.4, 0.5) is 0 Å². The molecule has 18 atom stereocenters. The standard InChI is InChI=1S/C78H137N33O19S6/c1-10-38(8)56-72(129)107-51-34-136-134-32-49(106-71(128)55(37(6)7)109-53(114)28-95-59(116)41(17-12-22-90-75(81)82)100-73(130)57(39(9)112)111-69(51)126)65(122)98-43(19-14-24-92-77(85)86)61(118)102-47-30-132-135-33-50(68(125)110-56)103-62(119)44(20-15-25-93-78(87)88)99-66(123)48-31-133-131-29-46(104-63(120)45(26-35(2)3)101-67(47)124)64(121)97-42(18-13-23-91-76(83)84)60(117)96-40(16-11-21-89-74(79)80)58(115)94-27-52(113)108-54(36(4)5)70(127)105-48/h35-51,54-57,112H,10-34H2,1-9H3,(H,94,115)(H,95,116)(H,96,117)(H,97,121)(H,98,122)(H,99,123)(H,100,130)(H,101,124)(H,102,118)(H,103,119)(H,104,120)(H,105,127)(H,106,128)(H,107,129)(H,108,113)(H,109,114)(H,110,125)(H,111,126)(H4,79,80,89)(H4,81,82,90)(H4,83,84,91)(H4,85,86,92)(H4,87,88,93)/t38-,39+,40-,41-,42-,43-,44-,45-,46-,47-,48-,49-,50-,51-,54-,55-,56-,57-/m0/s1. The van der Waals surface area contributed by atoms with Crippen LogP contribution < -0.4 is 151 Å². The highest BCUT2D eigenvalue weighted by Crippen LogP contribution is 2.28. The fraction of sp³-hybridized carbons (Fsp3) is 0.705. The smallest absolute Gasteiger partial charge is 0.245 e. The first-order valence-corrected chi connectivity index (χ1v) is 51.9. The second kappa shape index (κ2) is 61.2. The minimum Gasteiger partial charge on any atom is -0.391 e. The zero-order valence-electron chi connectivity index (χ0n) is 77.4. The number of aliphatic hydroxyl groups excluding tert-OH is 1. The highest BCUT2D eigenvalue weighted by molar-refractivity contribution is 8.77. The van der Waals surface area contributed by atoms with E-state index in [0.717, 1.165) is 71.7 Å². The van der Waals surface area contributed by atoms with Crippen molar-refractivity contribution >= 4 is 201 Å². The molecule has 0 aromatic carbocycles. The Morgan fingerprint density at radius 2 is 0.522 bits per heavy atom. The molecule has 764 valence electrons. The zero-order valence-corrected chi connectivity index (χ0v) is 82.3. The Bertz CT molecular complexity index is 4190. The molecule has 0 spiro atoms. The topological polar surface area (TPSA) is 854 Å². The molecule has 4 aliphatic heterocycles. The Hall–Kier alpha value is -11.1. The summed E-state index contributed by atoms with van der Waals surface area (Å²) in [7, 11) is 4.85. The molecule has 4 rings (SSSR count). The highest BCUT2D eigenvalue weighted by Gasteiger charge is 2.42. The number of carbonyl (C=O) groups excluding carboxylic acids is 18. The van der Waals surface area contributed by atoms with Crippen LogP contribution >= 0.6 is 64.8 Å². The van der Waals surface area contributed by atoms with Crippen molar-refractivity contribution in [2.45, 2.75) is 242 Å². The van der Waals surface area contributed by atoms with E-state index in [1.165, 1.54) is 0 Å². The number of nitrogens with two attached hydrogens (primary N) is 5. The lowest BCUT2D eigenvalue weighted by Gasteiger charge is -2.31. The first-order chi connectivity index (χ1) is 64.2. The van der Waals surface area contributed by atoms with E-state index < -0.39 is 310 Å². The van der Waals surface area contributed by atoms with Gasteiger partial charge >= 0.3 is 0 Å². The fourth-order valence-electron chi connectivity index (χ4n) is 13.4. The van der Waals surface area contributed by atoms with Crippen LogP contribution in [0.25, 0.3) is 0 Å². The molecule has 52 nitrogen and oxygen atoms in total. The van der Waals surface area contributed by atoms with Gasteiger partial charge in [-0.1, -0.05) is 127 Å². The molecule has 4 aliphatic rings. The van der Waals surface area contributed by atoms with Crippen LogP contribution in [0.2, 0.25) is 0 Å². The van der Waals surface area contributed by atoms with Gasteiger partial charge in [0.2, 0.25) is 106 Å². The van der Waals surface area contributed by atoms with Crippen LogP contribution in [0, 0.1) is 50.7 Å². The number of fused-ring (bicyclic) bond motifs is 15. The summed E-state index contributed by atoms with van der Waals surface area (Å²) in [5.74, 6) is -27.0. The van der Waals surface area contributed by atoms with Crippen LogP contribution in [0.3, 0.4) is 0 Å². The van der Waals surface area contributed by atoms with Gasteiger partial charge < -0.3 is 156 Å². The van der Waals surface area contributed by atoms with E-state index in [9.17, 15) is 43.5 Å². The van der Waals surface area contributed by atoms with Gasteiger partial charge in [-0.05, 0) is 101 Å². The van der Waals surface area contributed by atoms with E-state index >= 15 is 47.9 Å². The van der Waals surface area contributed by atoms with Crippen molar-refractivity contribution in [2.24, 2.45) is 52.3 Å². The molecule has 0 radical (unpaired) electrons. The number of nitrogens with one attached hydrogen (secondary N) is 28. The lowest BCUT2D eigenvalue weighted by molar-refractivity contribution is -0.137. The van der Waals surface area contributed by atoms with E-state index in [0.29, 0.717) is 0 Å². The number of aliphatic hydroxyl groups is 1. The molecule has 0 aliphatic carbocycles. The highest BCUT2D eigenvalue weighted by atomic mass is 33.1. The average Bonchev–Trinajstić information content (AvgIpc) is 0.826. The van der Waals surface area contributed by atoms with Crippen molar-refractivity contribution in [3.05, 3.63) is 0 Å². The van der Waals surface area contributed by atoms with Crippen LogP contribution in [0.1, 0.15) is 139 Å². The summed E-state index contributed by atoms with van der Waals surface area (Å²) >= 11 is 0. The third-order valence-corrected chi connectivity index (χ3v) is 28.4. The molecular weight excluding hydrogens is 1900 g/mol. The fourth-order valence-corrected chi connectivity index (χ4v) is 20.4. The second-order valence-corrected chi connectivity index (χ2v) is 41.3. The third kappa shape index (κ3) is 43.5. The number of carbonyl (C=O) groups is 18. The van der Waals surface area contributed by atoms with Gasteiger partial charge in [0.05, 0.1) is 19.2 Å². The molecule has 136 heavy (non-hydrogen) atoms. The Balaban J connectivity index is 2.18. The molecule has 18 amide bonds. The lowest BCUT2D eigenvalue weighted by atomic mass is 9.97. The maximum Gasteiger partial charge on any atom is 0.245 e. The predicted octanol–water partition coefficient (Wildman–Crippen LogP) is -9.72. The molecule has 58 heteroatoms. The maximum absolute atomic E-state index is 15.6. The van der Waals surface area contributed by atoms with Crippen molar-refractivity contribution in [1.82, 2.24) is 122 Å². The summed E-state index contributed by atoms with van der Waals surface area (Å²) in [4.78, 5) is 269. The van der Waals surface area contributed by atoms with Gasteiger partial charge in [-0.15, -0.1) is 0 Å². The first-order valence-electron chi connectivity index (χ1n) is 44.4. The van der Waals surface area contributed by atoms with E-state index in [1.54, 1.807) is 55.4 Å².